The van der Waals surface area contributed by atoms with E-state index in [0.717, 1.165) is 5.56 Å². The number of rotatable bonds is 7. The molecule has 2 heterocycles. The van der Waals surface area contributed by atoms with Gasteiger partial charge in [-0.2, -0.15) is 8.42 Å². The van der Waals surface area contributed by atoms with Gasteiger partial charge in [-0.3, -0.25) is 4.79 Å². The number of hydrogen-bond acceptors (Lipinski definition) is 7. The predicted octanol–water partition coefficient (Wildman–Crippen LogP) is 3.45. The second kappa shape index (κ2) is 8.97. The van der Waals surface area contributed by atoms with Gasteiger partial charge in [-0.15, -0.1) is 0 Å². The van der Waals surface area contributed by atoms with E-state index in [4.69, 9.17) is 13.3 Å². The van der Waals surface area contributed by atoms with E-state index < -0.39 is 21.3 Å². The molecule has 0 aliphatic carbocycles. The maximum atomic E-state index is 13.3. The first-order valence-corrected chi connectivity index (χ1v) is 11.6. The van der Waals surface area contributed by atoms with Crippen molar-refractivity contribution in [1.82, 2.24) is 4.57 Å². The molecule has 0 atom stereocenters. The van der Waals surface area contributed by atoms with Crippen molar-refractivity contribution < 1.29 is 21.8 Å². The molecule has 1 aromatic carbocycles. The Morgan fingerprint density at radius 1 is 1.10 bits per heavy atom. The van der Waals surface area contributed by atoms with Gasteiger partial charge in [0.25, 0.3) is 5.56 Å². The summed E-state index contributed by atoms with van der Waals surface area (Å²) in [5, 5.41) is -0.123. The molecule has 0 amide bonds. The zero-order valence-corrected chi connectivity index (χ0v) is 19.9. The van der Waals surface area contributed by atoms with Gasteiger partial charge in [0.2, 0.25) is 0 Å². The summed E-state index contributed by atoms with van der Waals surface area (Å²) in [5.74, 6) is -0.335. The normalized spacial score (nSPS) is 11.8. The lowest BCUT2D eigenvalue weighted by atomic mass is 10.2. The first-order chi connectivity index (χ1) is 14.6. The molecule has 3 rings (SSSR count). The molecule has 0 radical (unpaired) electrons. The van der Waals surface area contributed by atoms with Crippen molar-refractivity contribution in [2.24, 2.45) is 0 Å². The Labute approximate surface area is 187 Å². The Balaban J connectivity index is 2.27. The highest BCUT2D eigenvalue weighted by atomic mass is 79.9. The first-order valence-electron chi connectivity index (χ1n) is 9.45. The van der Waals surface area contributed by atoms with Gasteiger partial charge >= 0.3 is 15.7 Å². The second-order valence-corrected chi connectivity index (χ2v) is 9.44. The van der Waals surface area contributed by atoms with E-state index in [2.05, 4.69) is 15.9 Å². The summed E-state index contributed by atoms with van der Waals surface area (Å²) < 4.78 is 43.4. The molecule has 0 spiro atoms. The Kier molecular flexibility index (Phi) is 6.73. The lowest BCUT2D eigenvalue weighted by Crippen LogP contribution is -2.26. The van der Waals surface area contributed by atoms with Crippen molar-refractivity contribution in [3.63, 3.8) is 0 Å². The van der Waals surface area contributed by atoms with Gasteiger partial charge in [0.1, 0.15) is 10.3 Å². The molecular formula is C21H22BrNO7S. The van der Waals surface area contributed by atoms with Crippen molar-refractivity contribution in [2.45, 2.75) is 38.6 Å². The van der Waals surface area contributed by atoms with Crippen molar-refractivity contribution in [3.05, 3.63) is 66.3 Å². The molecule has 2 aromatic heterocycles. The summed E-state index contributed by atoms with van der Waals surface area (Å²) in [5.41, 5.74) is -0.0760. The Hall–Kier alpha value is -2.43. The minimum Gasteiger partial charge on any atom is -0.421 e. The van der Waals surface area contributed by atoms with E-state index >= 15 is 0 Å². The monoisotopic (exact) mass is 511 g/mol. The van der Waals surface area contributed by atoms with Gasteiger partial charge < -0.3 is 17.9 Å². The molecule has 0 saturated heterocycles. The lowest BCUT2D eigenvalue weighted by molar-refractivity contribution is 0.190. The molecule has 0 fully saturated rings. The largest absolute Gasteiger partial charge is 0.421 e. The topological polar surface area (TPSA) is 105 Å². The summed E-state index contributed by atoms with van der Waals surface area (Å²) in [4.78, 5) is 25.6. The number of hydrogen-bond donors (Lipinski definition) is 0. The fraction of sp³-hybridized carbons (Fsp3) is 0.333. The zero-order chi connectivity index (χ0) is 22.9. The average molecular weight is 512 g/mol. The number of aryl methyl sites for hydroxylation is 1. The van der Waals surface area contributed by atoms with Gasteiger partial charge in [-0.1, -0.05) is 17.7 Å². The molecular weight excluding hydrogens is 490 g/mol. The first kappa shape index (κ1) is 23.2. The van der Waals surface area contributed by atoms with Crippen LogP contribution >= 0.6 is 15.9 Å². The molecule has 0 aliphatic heterocycles. The minimum absolute atomic E-state index is 0.0600. The van der Waals surface area contributed by atoms with Gasteiger partial charge in [0.15, 0.2) is 11.3 Å². The fourth-order valence-corrected chi connectivity index (χ4v) is 4.61. The van der Waals surface area contributed by atoms with Crippen molar-refractivity contribution >= 4 is 37.0 Å². The zero-order valence-electron chi connectivity index (χ0n) is 17.5. The number of nitrogens with zero attached hydrogens (tertiary/aromatic N) is 1. The lowest BCUT2D eigenvalue weighted by Gasteiger charge is -2.16. The van der Waals surface area contributed by atoms with Crippen LogP contribution in [0.15, 0.2) is 47.6 Å². The average Bonchev–Trinajstić information content (AvgIpc) is 2.72. The van der Waals surface area contributed by atoms with Gasteiger partial charge in [0.05, 0.1) is 10.0 Å². The quantitative estimate of drug-likeness (QED) is 0.353. The van der Waals surface area contributed by atoms with E-state index in [0.29, 0.717) is 29.7 Å². The van der Waals surface area contributed by atoms with Crippen molar-refractivity contribution in [3.8, 4) is 5.75 Å². The van der Waals surface area contributed by atoms with Crippen LogP contribution in [0.4, 0.5) is 0 Å². The number of methoxy groups -OCH3 is 1. The third kappa shape index (κ3) is 4.46. The molecule has 0 N–H and O–H groups in total. The molecule has 0 unspecified atom stereocenters. The van der Waals surface area contributed by atoms with Crippen LogP contribution in [-0.4, -0.2) is 26.7 Å². The summed E-state index contributed by atoms with van der Waals surface area (Å²) in [6.45, 7) is 5.64. The predicted molar refractivity (Wildman–Crippen MR) is 119 cm³/mol. The molecule has 0 bridgehead atoms. The van der Waals surface area contributed by atoms with E-state index in [1.807, 2.05) is 6.92 Å². The molecule has 3 aromatic rings. The Bertz CT molecular complexity index is 1360. The van der Waals surface area contributed by atoms with Crippen LogP contribution in [0.25, 0.3) is 11.0 Å². The summed E-state index contributed by atoms with van der Waals surface area (Å²) in [6, 6.07) is 6.06. The molecule has 10 heteroatoms. The van der Waals surface area contributed by atoms with E-state index in [1.165, 1.54) is 23.6 Å². The van der Waals surface area contributed by atoms with Gasteiger partial charge in [0, 0.05) is 26.0 Å². The highest BCUT2D eigenvalue weighted by Gasteiger charge is 2.26. The summed E-state index contributed by atoms with van der Waals surface area (Å²) in [7, 11) is -2.74. The Morgan fingerprint density at radius 2 is 1.74 bits per heavy atom. The van der Waals surface area contributed by atoms with Gasteiger partial charge in [-0.05, 0) is 55.3 Å². The van der Waals surface area contributed by atoms with Crippen LogP contribution in [0.3, 0.4) is 0 Å². The maximum absolute atomic E-state index is 13.3. The fourth-order valence-electron chi connectivity index (χ4n) is 3.13. The number of pyridine rings is 1. The van der Waals surface area contributed by atoms with Crippen LogP contribution in [0.1, 0.15) is 23.2 Å². The molecule has 8 nitrogen and oxygen atoms in total. The number of ether oxygens (including phenoxy) is 1. The molecule has 31 heavy (non-hydrogen) atoms. The summed E-state index contributed by atoms with van der Waals surface area (Å²) >= 11 is 3.37. The number of halogens is 1. The number of benzene rings is 1. The molecule has 0 aliphatic rings. The SMILES string of the molecule is COCCCn1c(C)c(Br)c2oc(=O)c(C)c(OS(=O)(=O)c3ccc(C)cc3)c2c1=O. The van der Waals surface area contributed by atoms with E-state index in [-0.39, 0.29) is 27.2 Å². The second-order valence-electron chi connectivity index (χ2n) is 7.10. The molecule has 166 valence electrons. The smallest absolute Gasteiger partial charge is 0.343 e. The van der Waals surface area contributed by atoms with E-state index in [9.17, 15) is 18.0 Å². The van der Waals surface area contributed by atoms with E-state index in [1.54, 1.807) is 26.2 Å². The summed E-state index contributed by atoms with van der Waals surface area (Å²) in [6.07, 6.45) is 0.558. The van der Waals surface area contributed by atoms with Gasteiger partial charge in [-0.25, -0.2) is 4.79 Å². The third-order valence-electron chi connectivity index (χ3n) is 4.91. The van der Waals surface area contributed by atoms with Crippen molar-refractivity contribution in [1.29, 1.82) is 0 Å². The van der Waals surface area contributed by atoms with Crippen LogP contribution in [-0.2, 0) is 21.4 Å². The van der Waals surface area contributed by atoms with Crippen LogP contribution in [0, 0.1) is 20.8 Å². The van der Waals surface area contributed by atoms with Crippen LogP contribution < -0.4 is 15.4 Å². The molecule has 0 saturated carbocycles. The Morgan fingerprint density at radius 3 is 2.35 bits per heavy atom. The minimum atomic E-state index is -4.30. The highest BCUT2D eigenvalue weighted by Crippen LogP contribution is 2.33. The standard InChI is InChI=1S/C21H22BrNO7S/c1-12-6-8-15(9-7-12)31(26,27)30-18-13(2)21(25)29-19-16(18)20(24)23(10-5-11-28-4)14(3)17(19)22/h6-9H,5,10-11H2,1-4H3. The van der Waals surface area contributed by atoms with Crippen LogP contribution in [0.5, 0.6) is 5.75 Å². The van der Waals surface area contributed by atoms with Crippen molar-refractivity contribution in [2.75, 3.05) is 13.7 Å². The maximum Gasteiger partial charge on any atom is 0.343 e. The van der Waals surface area contributed by atoms with Crippen LogP contribution in [0.2, 0.25) is 0 Å². The highest BCUT2D eigenvalue weighted by molar-refractivity contribution is 9.10. The number of fused-ring (bicyclic) bond motifs is 1. The third-order valence-corrected chi connectivity index (χ3v) is 7.08. The number of aromatic nitrogens is 1.